The van der Waals surface area contributed by atoms with Gasteiger partial charge in [-0.25, -0.2) is 5.84 Å². The van der Waals surface area contributed by atoms with E-state index >= 15 is 0 Å². The summed E-state index contributed by atoms with van der Waals surface area (Å²) in [5.74, 6) is 5.40. The first kappa shape index (κ1) is 10.2. The van der Waals surface area contributed by atoms with Gasteiger partial charge in [0, 0.05) is 17.8 Å². The molecule has 1 amide bonds. The van der Waals surface area contributed by atoms with Gasteiger partial charge in [-0.3, -0.25) is 4.79 Å². The number of carbonyl (C=O) groups excluding carboxylic acids is 1. The molecule has 0 aliphatic heterocycles. The Bertz CT molecular complexity index is 497. The van der Waals surface area contributed by atoms with Gasteiger partial charge in [-0.15, -0.1) is 0 Å². The predicted octanol–water partition coefficient (Wildman–Crippen LogP) is 0.940. The third kappa shape index (κ3) is 2.17. The van der Waals surface area contributed by atoms with Crippen LogP contribution >= 0.6 is 0 Å². The van der Waals surface area contributed by atoms with Crippen LogP contribution in [0.3, 0.4) is 0 Å². The topological polar surface area (TPSA) is 59.0 Å². The van der Waals surface area contributed by atoms with E-state index < -0.39 is 0 Å². The molecule has 0 bridgehead atoms. The number of pyridine rings is 1. The average Bonchev–Trinajstić information content (AvgIpc) is 2.31. The van der Waals surface area contributed by atoms with E-state index in [-0.39, 0.29) is 5.91 Å². The number of carbonyl (C=O) groups is 1. The summed E-state index contributed by atoms with van der Waals surface area (Å²) in [7, 11) is 0. The summed E-state index contributed by atoms with van der Waals surface area (Å²) in [5.41, 5.74) is 1.16. The van der Waals surface area contributed by atoms with Gasteiger partial charge in [-0.05, 0) is 18.2 Å². The lowest BCUT2D eigenvalue weighted by Gasteiger charge is -2.02. The van der Waals surface area contributed by atoms with Gasteiger partial charge in [0.15, 0.2) is 6.20 Å². The Hall–Kier alpha value is -2.36. The average molecular weight is 214 g/mol. The van der Waals surface area contributed by atoms with Crippen molar-refractivity contribution in [3.05, 3.63) is 60.4 Å². The Balaban J connectivity index is 2.19. The highest BCUT2D eigenvalue weighted by Gasteiger charge is 2.16. The predicted molar refractivity (Wildman–Crippen MR) is 61.2 cm³/mol. The summed E-state index contributed by atoms with van der Waals surface area (Å²) in [6.07, 6.45) is 1.62. The molecule has 0 radical (unpaired) electrons. The van der Waals surface area contributed by atoms with E-state index in [1.165, 1.54) is 4.68 Å². The quantitative estimate of drug-likeness (QED) is 0.577. The van der Waals surface area contributed by atoms with Crippen molar-refractivity contribution in [2.75, 3.05) is 11.2 Å². The maximum absolute atomic E-state index is 11.8. The highest BCUT2D eigenvalue weighted by molar-refractivity contribution is 6.01. The van der Waals surface area contributed by atoms with Crippen molar-refractivity contribution < 1.29 is 9.47 Å². The lowest BCUT2D eigenvalue weighted by atomic mass is 10.3. The van der Waals surface area contributed by atoms with Crippen molar-refractivity contribution in [2.24, 2.45) is 0 Å². The van der Waals surface area contributed by atoms with Crippen LogP contribution in [0.15, 0.2) is 54.7 Å². The maximum atomic E-state index is 11.8. The number of benzene rings is 1. The number of nitrogens with zero attached hydrogens (tertiary/aromatic N) is 1. The normalized spacial score (nSPS) is 9.75. The van der Waals surface area contributed by atoms with Crippen LogP contribution < -0.4 is 15.8 Å². The van der Waals surface area contributed by atoms with Crippen molar-refractivity contribution in [2.45, 2.75) is 0 Å². The molecule has 3 N–H and O–H groups in total. The van der Waals surface area contributed by atoms with Gasteiger partial charge in [0.2, 0.25) is 0 Å². The van der Waals surface area contributed by atoms with Crippen LogP contribution in [0.2, 0.25) is 0 Å². The largest absolute Gasteiger partial charge is 0.323 e. The number of nitrogen functional groups attached to an aromatic ring is 1. The van der Waals surface area contributed by atoms with E-state index in [9.17, 15) is 4.79 Å². The molecular weight excluding hydrogens is 202 g/mol. The minimum atomic E-state index is -0.227. The molecule has 2 aromatic rings. The molecule has 0 saturated carbocycles. The number of para-hydroxylation sites is 1. The van der Waals surface area contributed by atoms with Gasteiger partial charge in [-0.2, -0.15) is 0 Å². The second-order valence-corrected chi connectivity index (χ2v) is 3.31. The van der Waals surface area contributed by atoms with Crippen molar-refractivity contribution in [1.82, 2.24) is 0 Å². The zero-order valence-electron chi connectivity index (χ0n) is 8.63. The molecule has 4 heteroatoms. The summed E-state index contributed by atoms with van der Waals surface area (Å²) in [4.78, 5) is 11.8. The molecule has 2 rings (SSSR count). The molecule has 0 fully saturated rings. The molecule has 4 nitrogen and oxygen atoms in total. The molecular formula is C12H12N3O+. The molecule has 0 unspecified atom stereocenters. The first-order chi connectivity index (χ1) is 7.77. The maximum Gasteiger partial charge on any atom is 0.323 e. The van der Waals surface area contributed by atoms with E-state index in [0.29, 0.717) is 5.69 Å². The number of hydrogen-bond acceptors (Lipinski definition) is 2. The summed E-state index contributed by atoms with van der Waals surface area (Å²) in [5, 5.41) is 2.76. The van der Waals surface area contributed by atoms with Crippen molar-refractivity contribution in [3.63, 3.8) is 0 Å². The standard InChI is InChI=1S/C12H11N3O/c13-15-9-5-4-8-11(15)12(16)14-10-6-2-1-3-7-10/h1-9H,(H2-,13,14,16)/p+1. The van der Waals surface area contributed by atoms with Gasteiger partial charge in [0.25, 0.3) is 5.69 Å². The minimum Gasteiger partial charge on any atom is -0.317 e. The fourth-order valence-corrected chi connectivity index (χ4v) is 1.37. The number of hydrogen-bond donors (Lipinski definition) is 2. The van der Waals surface area contributed by atoms with Gasteiger partial charge < -0.3 is 5.32 Å². The molecule has 0 saturated heterocycles. The van der Waals surface area contributed by atoms with E-state index in [0.717, 1.165) is 5.69 Å². The molecule has 80 valence electrons. The van der Waals surface area contributed by atoms with Crippen LogP contribution in [0.5, 0.6) is 0 Å². The van der Waals surface area contributed by atoms with Gasteiger partial charge in [0.05, 0.1) is 0 Å². The van der Waals surface area contributed by atoms with E-state index in [2.05, 4.69) is 5.32 Å². The van der Waals surface area contributed by atoms with Crippen LogP contribution in [-0.2, 0) is 0 Å². The van der Waals surface area contributed by atoms with Crippen molar-refractivity contribution in [3.8, 4) is 0 Å². The third-order valence-corrected chi connectivity index (χ3v) is 2.15. The Morgan fingerprint density at radius 1 is 1.06 bits per heavy atom. The van der Waals surface area contributed by atoms with Gasteiger partial charge in [-0.1, -0.05) is 22.9 Å². The van der Waals surface area contributed by atoms with Crippen LogP contribution in [0.1, 0.15) is 10.5 Å². The lowest BCUT2D eigenvalue weighted by molar-refractivity contribution is -0.640. The highest BCUT2D eigenvalue weighted by atomic mass is 16.2. The van der Waals surface area contributed by atoms with Gasteiger partial charge in [0.1, 0.15) is 0 Å². The Labute approximate surface area is 93.3 Å². The number of rotatable bonds is 2. The Kier molecular flexibility index (Phi) is 2.82. The lowest BCUT2D eigenvalue weighted by Crippen LogP contribution is -2.50. The SMILES string of the molecule is N[n+]1ccccc1C(=O)Nc1ccccc1. The van der Waals surface area contributed by atoms with E-state index in [4.69, 9.17) is 5.84 Å². The second-order valence-electron chi connectivity index (χ2n) is 3.31. The Morgan fingerprint density at radius 3 is 2.44 bits per heavy atom. The smallest absolute Gasteiger partial charge is 0.317 e. The molecule has 16 heavy (non-hydrogen) atoms. The van der Waals surface area contributed by atoms with Crippen molar-refractivity contribution >= 4 is 11.6 Å². The van der Waals surface area contributed by atoms with Crippen molar-refractivity contribution in [1.29, 1.82) is 0 Å². The zero-order chi connectivity index (χ0) is 11.4. The monoisotopic (exact) mass is 214 g/mol. The molecule has 0 spiro atoms. The number of nitrogens with two attached hydrogens (primary N) is 1. The summed E-state index contributed by atoms with van der Waals surface area (Å²) < 4.78 is 1.29. The highest BCUT2D eigenvalue weighted by Crippen LogP contribution is 2.06. The fourth-order valence-electron chi connectivity index (χ4n) is 1.37. The number of nitrogens with one attached hydrogen (secondary N) is 1. The molecule has 1 aromatic carbocycles. The molecule has 1 aromatic heterocycles. The number of amides is 1. The zero-order valence-corrected chi connectivity index (χ0v) is 8.63. The van der Waals surface area contributed by atoms with Crippen LogP contribution in [0.25, 0.3) is 0 Å². The van der Waals surface area contributed by atoms with Crippen LogP contribution in [0.4, 0.5) is 5.69 Å². The number of anilines is 1. The third-order valence-electron chi connectivity index (χ3n) is 2.15. The molecule has 0 atom stereocenters. The fraction of sp³-hybridized carbons (Fsp3) is 0. The van der Waals surface area contributed by atoms with E-state index in [1.807, 2.05) is 30.3 Å². The molecule has 0 aliphatic rings. The first-order valence-electron chi connectivity index (χ1n) is 4.89. The van der Waals surface area contributed by atoms with Crippen LogP contribution in [-0.4, -0.2) is 5.91 Å². The Morgan fingerprint density at radius 2 is 1.75 bits per heavy atom. The van der Waals surface area contributed by atoms with Gasteiger partial charge >= 0.3 is 5.91 Å². The van der Waals surface area contributed by atoms with Crippen LogP contribution in [0, 0.1) is 0 Å². The first-order valence-corrected chi connectivity index (χ1v) is 4.89. The summed E-state index contributed by atoms with van der Waals surface area (Å²) in [6.45, 7) is 0. The summed E-state index contributed by atoms with van der Waals surface area (Å²) >= 11 is 0. The van der Waals surface area contributed by atoms with E-state index in [1.54, 1.807) is 24.4 Å². The second kappa shape index (κ2) is 4.44. The number of aromatic nitrogens is 1. The minimum absolute atomic E-state index is 0.227. The molecule has 0 aliphatic carbocycles. The molecule has 1 heterocycles. The summed E-state index contributed by atoms with van der Waals surface area (Å²) in [6, 6.07) is 14.4.